The highest BCUT2D eigenvalue weighted by atomic mass is 35.5. The first-order valence-electron chi connectivity index (χ1n) is 11.7. The molecule has 9 heteroatoms. The Hall–Kier alpha value is -2.61. The van der Waals surface area contributed by atoms with Crippen molar-refractivity contribution in [3.8, 4) is 16.2 Å². The van der Waals surface area contributed by atoms with Crippen molar-refractivity contribution in [2.45, 2.75) is 38.3 Å². The van der Waals surface area contributed by atoms with Crippen molar-refractivity contribution in [3.05, 3.63) is 68.3 Å². The molecule has 3 aliphatic rings. The molecule has 3 heterocycles. The van der Waals surface area contributed by atoms with Crippen LogP contribution in [-0.2, 0) is 6.42 Å². The fourth-order valence-corrected chi connectivity index (χ4v) is 6.75. The Balaban J connectivity index is 1.24. The minimum absolute atomic E-state index is 0.0760. The minimum atomic E-state index is -0.128. The summed E-state index contributed by atoms with van der Waals surface area (Å²) in [5, 5.41) is 4.72. The number of aromatic nitrogens is 1. The van der Waals surface area contributed by atoms with Crippen molar-refractivity contribution in [3.63, 3.8) is 0 Å². The van der Waals surface area contributed by atoms with E-state index in [4.69, 9.17) is 27.9 Å². The molecule has 2 fully saturated rings. The molecule has 1 aromatic heterocycles. The van der Waals surface area contributed by atoms with Crippen LogP contribution >= 0.6 is 34.5 Å². The summed E-state index contributed by atoms with van der Waals surface area (Å²) in [6.45, 7) is 2.88. The van der Waals surface area contributed by atoms with Gasteiger partial charge in [-0.25, -0.2) is 4.98 Å². The molecule has 2 amide bonds. The maximum absolute atomic E-state index is 13.8. The van der Waals surface area contributed by atoms with Crippen LogP contribution in [0.2, 0.25) is 10.0 Å². The molecule has 2 aromatic carbocycles. The summed E-state index contributed by atoms with van der Waals surface area (Å²) in [5.41, 5.74) is 2.71. The third kappa shape index (κ3) is 3.99. The number of nitrogens with one attached hydrogen (secondary N) is 1. The zero-order chi connectivity index (χ0) is 24.3. The number of carbonyl (C=O) groups excluding carboxylic acids is 2. The summed E-state index contributed by atoms with van der Waals surface area (Å²) in [4.78, 5) is 34.1. The molecular weight excluding hydrogens is 505 g/mol. The van der Waals surface area contributed by atoms with Gasteiger partial charge in [0.15, 0.2) is 0 Å². The van der Waals surface area contributed by atoms with Gasteiger partial charge in [0.2, 0.25) is 0 Å². The third-order valence-corrected chi connectivity index (χ3v) is 8.89. The van der Waals surface area contributed by atoms with E-state index in [9.17, 15) is 9.59 Å². The maximum Gasteiger partial charge on any atom is 0.274 e. The van der Waals surface area contributed by atoms with E-state index < -0.39 is 0 Å². The van der Waals surface area contributed by atoms with Gasteiger partial charge in [-0.05, 0) is 43.9 Å². The van der Waals surface area contributed by atoms with Gasteiger partial charge in [0.25, 0.3) is 11.8 Å². The smallest absolute Gasteiger partial charge is 0.274 e. The van der Waals surface area contributed by atoms with Gasteiger partial charge in [-0.3, -0.25) is 9.59 Å². The van der Waals surface area contributed by atoms with Crippen molar-refractivity contribution in [2.75, 3.05) is 13.2 Å². The molecule has 0 spiro atoms. The van der Waals surface area contributed by atoms with E-state index in [1.165, 1.54) is 11.3 Å². The van der Waals surface area contributed by atoms with E-state index in [0.29, 0.717) is 45.9 Å². The van der Waals surface area contributed by atoms with Crippen molar-refractivity contribution in [2.24, 2.45) is 5.92 Å². The number of benzene rings is 2. The number of carbonyl (C=O) groups is 2. The number of fused-ring (bicyclic) bond motifs is 2. The molecule has 1 saturated carbocycles. The quantitative estimate of drug-likeness (QED) is 0.482. The van der Waals surface area contributed by atoms with Crippen LogP contribution in [0.25, 0.3) is 10.4 Å². The van der Waals surface area contributed by atoms with E-state index in [1.807, 2.05) is 42.2 Å². The molecule has 6 nitrogen and oxygen atoms in total. The first kappa shape index (κ1) is 22.8. The van der Waals surface area contributed by atoms with Gasteiger partial charge in [-0.2, -0.15) is 0 Å². The van der Waals surface area contributed by atoms with Gasteiger partial charge < -0.3 is 15.0 Å². The maximum atomic E-state index is 13.8. The lowest BCUT2D eigenvalue weighted by Crippen LogP contribution is -2.45. The summed E-state index contributed by atoms with van der Waals surface area (Å²) in [7, 11) is 0. The number of nitrogens with zero attached hydrogens (tertiary/aromatic N) is 2. The normalized spacial score (nSPS) is 21.9. The number of likely N-dealkylation sites (tertiary alicyclic amines) is 1. The Morgan fingerprint density at radius 2 is 2.03 bits per heavy atom. The second kappa shape index (κ2) is 8.80. The molecular formula is C26H23Cl2N3O3S. The van der Waals surface area contributed by atoms with Crippen molar-refractivity contribution < 1.29 is 14.3 Å². The van der Waals surface area contributed by atoms with Crippen LogP contribution in [0.5, 0.6) is 5.75 Å². The number of piperidine rings is 1. The summed E-state index contributed by atoms with van der Waals surface area (Å²) in [6.07, 6.45) is 2.61. The Morgan fingerprint density at radius 1 is 1.20 bits per heavy atom. The van der Waals surface area contributed by atoms with E-state index >= 15 is 0 Å². The number of ether oxygens (including phenoxy) is 1. The Labute approximate surface area is 217 Å². The highest BCUT2D eigenvalue weighted by molar-refractivity contribution is 7.15. The molecule has 1 aliphatic carbocycles. The van der Waals surface area contributed by atoms with E-state index in [0.717, 1.165) is 40.5 Å². The molecule has 1 saturated heterocycles. The van der Waals surface area contributed by atoms with Crippen molar-refractivity contribution in [1.82, 2.24) is 15.2 Å². The summed E-state index contributed by atoms with van der Waals surface area (Å²) in [6, 6.07) is 11.1. The van der Waals surface area contributed by atoms with Crippen LogP contribution in [0.1, 0.15) is 44.3 Å². The van der Waals surface area contributed by atoms with Gasteiger partial charge in [0.05, 0.1) is 32.6 Å². The second-order valence-electron chi connectivity index (χ2n) is 9.27. The molecule has 6 rings (SSSR count). The fraction of sp³-hybridized carbons (Fsp3) is 0.346. The Morgan fingerprint density at radius 3 is 2.89 bits per heavy atom. The van der Waals surface area contributed by atoms with Crippen molar-refractivity contribution >= 4 is 46.4 Å². The molecule has 35 heavy (non-hydrogen) atoms. The molecule has 180 valence electrons. The van der Waals surface area contributed by atoms with Crippen LogP contribution in [0.15, 0.2) is 36.4 Å². The predicted octanol–water partition coefficient (Wildman–Crippen LogP) is 5.39. The largest absolute Gasteiger partial charge is 0.493 e. The Bertz CT molecular complexity index is 1360. The topological polar surface area (TPSA) is 71.5 Å². The number of aryl methyl sites for hydroxylation is 1. The fourth-order valence-electron chi connectivity index (χ4n) is 5.35. The first-order chi connectivity index (χ1) is 16.9. The van der Waals surface area contributed by atoms with Gasteiger partial charge in [-0.15, -0.1) is 11.3 Å². The van der Waals surface area contributed by atoms with E-state index in [-0.39, 0.29) is 23.9 Å². The van der Waals surface area contributed by atoms with Gasteiger partial charge in [0.1, 0.15) is 11.4 Å². The first-order valence-corrected chi connectivity index (χ1v) is 13.3. The average Bonchev–Trinajstić information content (AvgIpc) is 3.18. The van der Waals surface area contributed by atoms with Crippen LogP contribution in [0.4, 0.5) is 0 Å². The Kier molecular flexibility index (Phi) is 5.74. The van der Waals surface area contributed by atoms with Crippen LogP contribution < -0.4 is 10.1 Å². The van der Waals surface area contributed by atoms with Crippen LogP contribution in [-0.4, -0.2) is 46.9 Å². The molecule has 1 N–H and O–H groups in total. The highest BCUT2D eigenvalue weighted by Gasteiger charge is 2.54. The average molecular weight is 528 g/mol. The molecule has 2 aliphatic heterocycles. The van der Waals surface area contributed by atoms with Gasteiger partial charge in [-0.1, -0.05) is 41.4 Å². The van der Waals surface area contributed by atoms with E-state index in [2.05, 4.69) is 10.3 Å². The lowest BCUT2D eigenvalue weighted by Gasteiger charge is -2.28. The molecule has 3 aromatic rings. The minimum Gasteiger partial charge on any atom is -0.493 e. The monoisotopic (exact) mass is 527 g/mol. The number of amides is 2. The van der Waals surface area contributed by atoms with E-state index in [1.54, 1.807) is 6.07 Å². The summed E-state index contributed by atoms with van der Waals surface area (Å²) in [5.74, 6) is 1.02. The summed E-state index contributed by atoms with van der Waals surface area (Å²) >= 11 is 14.2. The van der Waals surface area contributed by atoms with Crippen LogP contribution in [0.3, 0.4) is 0 Å². The molecule has 0 radical (unpaired) electrons. The second-order valence-corrected chi connectivity index (χ2v) is 11.3. The highest BCUT2D eigenvalue weighted by Crippen LogP contribution is 2.49. The number of hydrogen-bond donors (Lipinski definition) is 1. The van der Waals surface area contributed by atoms with Gasteiger partial charge >= 0.3 is 0 Å². The standard InChI is InChI=1S/C26H23Cl2N3O3S/c1-13-30-23(24(35-13)18-5-2-6-19(27)22(18)28)26(33)31-15(10-14-11-20(14)31)12-29-25(32)17-4-3-7-21-16(17)8-9-34-21/h2-7,14-15,20H,8-12H2,1H3,(H,29,32)/t14-,15+,20+/m1/s1. The predicted molar refractivity (Wildman–Crippen MR) is 137 cm³/mol. The number of hydrogen-bond acceptors (Lipinski definition) is 5. The lowest BCUT2D eigenvalue weighted by molar-refractivity contribution is 0.0684. The van der Waals surface area contributed by atoms with Crippen molar-refractivity contribution in [1.29, 1.82) is 0 Å². The zero-order valence-electron chi connectivity index (χ0n) is 19.0. The number of thiazole rings is 1. The van der Waals surface area contributed by atoms with Gasteiger partial charge in [0, 0.05) is 35.7 Å². The zero-order valence-corrected chi connectivity index (χ0v) is 21.3. The lowest BCUT2D eigenvalue weighted by atomic mass is 10.0. The third-order valence-electron chi connectivity index (χ3n) is 7.06. The SMILES string of the molecule is Cc1nc(C(=O)N2[C@H](CNC(=O)c3cccc4c3CCO4)C[C@@H]3C[C@@H]32)c(-c2cccc(Cl)c2Cl)s1. The number of halogens is 2. The molecule has 0 unspecified atom stereocenters. The number of rotatable bonds is 5. The molecule has 3 atom stereocenters. The molecule has 0 bridgehead atoms. The summed E-state index contributed by atoms with van der Waals surface area (Å²) < 4.78 is 5.59. The van der Waals surface area contributed by atoms with Crippen LogP contribution in [0, 0.1) is 12.8 Å².